The minimum absolute atomic E-state index is 0.228. The molecule has 0 unspecified atom stereocenters. The van der Waals surface area contributed by atoms with Crippen molar-refractivity contribution >= 4 is 17.1 Å². The maximum atomic E-state index is 12.7. The fourth-order valence-corrected chi connectivity index (χ4v) is 3.36. The summed E-state index contributed by atoms with van der Waals surface area (Å²) in [5.41, 5.74) is 1.69. The van der Waals surface area contributed by atoms with Gasteiger partial charge in [0, 0.05) is 29.0 Å². The van der Waals surface area contributed by atoms with Gasteiger partial charge in [-0.1, -0.05) is 30.3 Å². The molecule has 2 heterocycles. The van der Waals surface area contributed by atoms with Crippen molar-refractivity contribution in [3.05, 3.63) is 83.3 Å². The van der Waals surface area contributed by atoms with Crippen molar-refractivity contribution in [2.45, 2.75) is 6.36 Å². The Hall–Kier alpha value is -3.46. The molecule has 0 radical (unpaired) electrons. The Bertz CT molecular complexity index is 1150. The molecule has 9 heteroatoms. The summed E-state index contributed by atoms with van der Waals surface area (Å²) < 4.78 is 43.9. The van der Waals surface area contributed by atoms with Gasteiger partial charge in [0.05, 0.1) is 0 Å². The number of imidazole rings is 1. The fourth-order valence-electron chi connectivity index (χ4n) is 2.78. The maximum Gasteiger partial charge on any atom is 0.573 e. The topological polar surface area (TPSA) is 57.0 Å². The molecule has 0 bridgehead atoms. The normalized spacial score (nSPS) is 11.4. The van der Waals surface area contributed by atoms with Gasteiger partial charge in [-0.05, 0) is 23.8 Å². The van der Waals surface area contributed by atoms with Crippen molar-refractivity contribution in [1.29, 1.82) is 0 Å². The largest absolute Gasteiger partial charge is 0.573 e. The number of alkyl halides is 3. The van der Waals surface area contributed by atoms with Gasteiger partial charge in [0.25, 0.3) is 0 Å². The van der Waals surface area contributed by atoms with E-state index in [0.29, 0.717) is 21.8 Å². The third kappa shape index (κ3) is 4.19. The second-order valence-electron chi connectivity index (χ2n) is 5.93. The standard InChI is InChI=1S/C20H12F3N3O2S/c21-20(22,23)28-17-7-2-1-6-15(17)13-4-3-5-14(10-13)26-11-16(25-12-26)18(27)19-24-8-9-29-19/h1-12H. The summed E-state index contributed by atoms with van der Waals surface area (Å²) in [4.78, 5) is 20.5. The van der Waals surface area contributed by atoms with Crippen LogP contribution in [0.25, 0.3) is 16.8 Å². The zero-order chi connectivity index (χ0) is 20.4. The highest BCUT2D eigenvalue weighted by molar-refractivity contribution is 7.11. The van der Waals surface area contributed by atoms with E-state index in [1.807, 2.05) is 0 Å². The SMILES string of the molecule is O=C(c1cn(-c2cccc(-c3ccccc3OC(F)(F)F)c2)cn1)c1nccs1. The lowest BCUT2D eigenvalue weighted by Crippen LogP contribution is -2.17. The summed E-state index contributed by atoms with van der Waals surface area (Å²) in [6, 6.07) is 12.8. The van der Waals surface area contributed by atoms with Crippen molar-refractivity contribution in [1.82, 2.24) is 14.5 Å². The van der Waals surface area contributed by atoms with Crippen LogP contribution in [0.4, 0.5) is 13.2 Å². The molecule has 0 aliphatic heterocycles. The average Bonchev–Trinajstić information content (AvgIpc) is 3.39. The van der Waals surface area contributed by atoms with Crippen LogP contribution in [0.15, 0.2) is 72.6 Å². The highest BCUT2D eigenvalue weighted by Gasteiger charge is 2.32. The first-order valence-electron chi connectivity index (χ1n) is 8.34. The first kappa shape index (κ1) is 18.9. The van der Waals surface area contributed by atoms with E-state index in [0.717, 1.165) is 0 Å². The predicted molar refractivity (Wildman–Crippen MR) is 101 cm³/mol. The van der Waals surface area contributed by atoms with Crippen LogP contribution in [-0.4, -0.2) is 26.7 Å². The van der Waals surface area contributed by atoms with Crippen LogP contribution >= 0.6 is 11.3 Å². The number of ether oxygens (including phenoxy) is 1. The van der Waals surface area contributed by atoms with Gasteiger partial charge in [-0.2, -0.15) is 0 Å². The van der Waals surface area contributed by atoms with Crippen molar-refractivity contribution in [2.24, 2.45) is 0 Å². The van der Waals surface area contributed by atoms with Crippen molar-refractivity contribution < 1.29 is 22.7 Å². The number of carbonyl (C=O) groups is 1. The van der Waals surface area contributed by atoms with Crippen LogP contribution in [-0.2, 0) is 0 Å². The molecule has 0 N–H and O–H groups in total. The highest BCUT2D eigenvalue weighted by Crippen LogP contribution is 2.34. The molecule has 4 rings (SSSR count). The molecule has 29 heavy (non-hydrogen) atoms. The van der Waals surface area contributed by atoms with E-state index in [4.69, 9.17) is 0 Å². The molecular formula is C20H12F3N3O2S. The minimum Gasteiger partial charge on any atom is -0.405 e. The van der Waals surface area contributed by atoms with E-state index < -0.39 is 6.36 Å². The summed E-state index contributed by atoms with van der Waals surface area (Å²) in [7, 11) is 0. The molecule has 146 valence electrons. The maximum absolute atomic E-state index is 12.7. The molecule has 0 aliphatic rings. The Kier molecular flexibility index (Phi) is 4.89. The summed E-state index contributed by atoms with van der Waals surface area (Å²) in [5.74, 6) is -0.582. The lowest BCUT2D eigenvalue weighted by Gasteiger charge is -2.14. The molecule has 0 aliphatic carbocycles. The summed E-state index contributed by atoms with van der Waals surface area (Å²) in [5, 5.41) is 2.04. The molecule has 4 aromatic rings. The lowest BCUT2D eigenvalue weighted by molar-refractivity contribution is -0.274. The van der Waals surface area contributed by atoms with Crippen LogP contribution < -0.4 is 4.74 Å². The molecule has 0 saturated heterocycles. The van der Waals surface area contributed by atoms with Crippen molar-refractivity contribution in [3.8, 4) is 22.6 Å². The summed E-state index contributed by atoms with van der Waals surface area (Å²) in [6.45, 7) is 0. The Morgan fingerprint density at radius 1 is 1.07 bits per heavy atom. The minimum atomic E-state index is -4.79. The third-order valence-electron chi connectivity index (χ3n) is 4.01. The molecule has 0 atom stereocenters. The van der Waals surface area contributed by atoms with Crippen molar-refractivity contribution in [2.75, 3.05) is 0 Å². The molecule has 0 spiro atoms. The molecule has 5 nitrogen and oxygen atoms in total. The van der Waals surface area contributed by atoms with E-state index in [2.05, 4.69) is 14.7 Å². The van der Waals surface area contributed by atoms with Gasteiger partial charge < -0.3 is 9.30 Å². The number of rotatable bonds is 5. The van der Waals surface area contributed by atoms with E-state index in [9.17, 15) is 18.0 Å². The Morgan fingerprint density at radius 3 is 2.66 bits per heavy atom. The van der Waals surface area contributed by atoms with Crippen LogP contribution in [0.3, 0.4) is 0 Å². The number of para-hydroxylation sites is 1. The number of hydrogen-bond donors (Lipinski definition) is 0. The van der Waals surface area contributed by atoms with Gasteiger partial charge in [-0.25, -0.2) is 9.97 Å². The number of hydrogen-bond acceptors (Lipinski definition) is 5. The van der Waals surface area contributed by atoms with Crippen LogP contribution in [0.5, 0.6) is 5.75 Å². The quantitative estimate of drug-likeness (QED) is 0.424. The van der Waals surface area contributed by atoms with Crippen LogP contribution in [0.1, 0.15) is 15.5 Å². The van der Waals surface area contributed by atoms with Gasteiger partial charge in [-0.15, -0.1) is 24.5 Å². The van der Waals surface area contributed by atoms with Crippen molar-refractivity contribution in [3.63, 3.8) is 0 Å². The smallest absolute Gasteiger partial charge is 0.405 e. The average molecular weight is 415 g/mol. The van der Waals surface area contributed by atoms with Gasteiger partial charge in [0.2, 0.25) is 5.78 Å². The number of thiazole rings is 1. The number of halogens is 3. The molecule has 2 aromatic heterocycles. The number of ketones is 1. The Labute approximate surface area is 167 Å². The molecule has 0 saturated carbocycles. The van der Waals surface area contributed by atoms with E-state index in [1.165, 1.54) is 29.8 Å². The summed E-state index contributed by atoms with van der Waals surface area (Å²) in [6.07, 6.45) is -0.221. The zero-order valence-corrected chi connectivity index (χ0v) is 15.4. The number of aromatic nitrogens is 3. The van der Waals surface area contributed by atoms with E-state index in [-0.39, 0.29) is 17.2 Å². The predicted octanol–water partition coefficient (Wildman–Crippen LogP) is 5.13. The molecular weight excluding hydrogens is 403 g/mol. The number of nitrogens with zero attached hydrogens (tertiary/aromatic N) is 3. The molecule has 0 fully saturated rings. The van der Waals surface area contributed by atoms with Gasteiger partial charge in [0.1, 0.15) is 17.8 Å². The van der Waals surface area contributed by atoms with E-state index in [1.54, 1.807) is 58.7 Å². The first-order chi connectivity index (χ1) is 13.9. The molecule has 0 amide bonds. The molecule has 2 aromatic carbocycles. The Morgan fingerprint density at radius 2 is 1.90 bits per heavy atom. The van der Waals surface area contributed by atoms with Crippen LogP contribution in [0, 0.1) is 0 Å². The van der Waals surface area contributed by atoms with E-state index >= 15 is 0 Å². The Balaban J connectivity index is 1.67. The number of benzene rings is 2. The van der Waals surface area contributed by atoms with Gasteiger partial charge >= 0.3 is 6.36 Å². The second kappa shape index (κ2) is 7.51. The van der Waals surface area contributed by atoms with Gasteiger partial charge in [-0.3, -0.25) is 4.79 Å². The summed E-state index contributed by atoms with van der Waals surface area (Å²) >= 11 is 1.22. The van der Waals surface area contributed by atoms with Gasteiger partial charge in [0.15, 0.2) is 5.01 Å². The second-order valence-corrected chi connectivity index (χ2v) is 6.82. The zero-order valence-electron chi connectivity index (χ0n) is 14.6. The fraction of sp³-hybridized carbons (Fsp3) is 0.0500. The number of carbonyl (C=O) groups excluding carboxylic acids is 1. The monoisotopic (exact) mass is 415 g/mol. The first-order valence-corrected chi connectivity index (χ1v) is 9.22. The highest BCUT2D eigenvalue weighted by atomic mass is 32.1. The third-order valence-corrected chi connectivity index (χ3v) is 4.78. The lowest BCUT2D eigenvalue weighted by atomic mass is 10.0. The van der Waals surface area contributed by atoms with Crippen LogP contribution in [0.2, 0.25) is 0 Å².